The molecule has 0 radical (unpaired) electrons. The molecule has 0 unspecified atom stereocenters. The van der Waals surface area contributed by atoms with Gasteiger partial charge in [0, 0.05) is 22.3 Å². The van der Waals surface area contributed by atoms with Crippen molar-refractivity contribution in [3.05, 3.63) is 40.5 Å². The molecule has 4 nitrogen and oxygen atoms in total. The molecule has 1 aliphatic rings. The lowest BCUT2D eigenvalue weighted by Gasteiger charge is -2.18. The lowest BCUT2D eigenvalue weighted by molar-refractivity contribution is 0.617. The molecule has 23 heavy (non-hydrogen) atoms. The van der Waals surface area contributed by atoms with E-state index >= 15 is 0 Å². The van der Waals surface area contributed by atoms with Crippen LogP contribution in [0.1, 0.15) is 44.2 Å². The molecule has 1 fully saturated rings. The topological polar surface area (TPSA) is 49.8 Å². The number of aromatic nitrogens is 2. The summed E-state index contributed by atoms with van der Waals surface area (Å²) in [7, 11) is 0. The van der Waals surface area contributed by atoms with Crippen LogP contribution < -0.4 is 10.6 Å². The first-order valence-corrected chi connectivity index (χ1v) is 9.14. The molecular weight excluding hydrogens is 352 g/mol. The molecule has 2 aromatic rings. The molecule has 2 N–H and O–H groups in total. The van der Waals surface area contributed by atoms with Gasteiger partial charge in [-0.15, -0.1) is 0 Å². The standard InChI is InChI=1S/C18H23BrN4/c1-13-12-17(21-14-8-4-2-3-5-9-14)23-18(20-13)22-16-11-7-6-10-15(16)19/h6-7,10-12,14H,2-5,8-9H2,1H3,(H2,20,21,22,23). The summed E-state index contributed by atoms with van der Waals surface area (Å²) in [6.07, 6.45) is 7.80. The summed E-state index contributed by atoms with van der Waals surface area (Å²) in [6.45, 7) is 2.01. The van der Waals surface area contributed by atoms with Gasteiger partial charge in [0.1, 0.15) is 5.82 Å². The molecule has 5 heteroatoms. The molecule has 0 saturated heterocycles. The molecule has 1 saturated carbocycles. The Balaban J connectivity index is 1.74. The Morgan fingerprint density at radius 2 is 1.78 bits per heavy atom. The lowest BCUT2D eigenvalue weighted by atomic mass is 10.1. The van der Waals surface area contributed by atoms with Gasteiger partial charge in [0.25, 0.3) is 0 Å². The molecule has 0 atom stereocenters. The van der Waals surface area contributed by atoms with E-state index in [-0.39, 0.29) is 0 Å². The number of anilines is 3. The van der Waals surface area contributed by atoms with Gasteiger partial charge in [-0.05, 0) is 47.8 Å². The zero-order chi connectivity index (χ0) is 16.1. The third-order valence-corrected chi connectivity index (χ3v) is 4.87. The highest BCUT2D eigenvalue weighted by Crippen LogP contribution is 2.25. The van der Waals surface area contributed by atoms with Crippen LogP contribution >= 0.6 is 15.9 Å². The van der Waals surface area contributed by atoms with Crippen LogP contribution in [0, 0.1) is 6.92 Å². The van der Waals surface area contributed by atoms with Crippen molar-refractivity contribution in [3.63, 3.8) is 0 Å². The average molecular weight is 375 g/mol. The van der Waals surface area contributed by atoms with Crippen molar-refractivity contribution in [1.82, 2.24) is 9.97 Å². The molecule has 122 valence electrons. The van der Waals surface area contributed by atoms with Crippen LogP contribution in [-0.2, 0) is 0 Å². The maximum absolute atomic E-state index is 4.64. The SMILES string of the molecule is Cc1cc(NC2CCCCCC2)nc(Nc2ccccc2Br)n1. The van der Waals surface area contributed by atoms with E-state index in [9.17, 15) is 0 Å². The van der Waals surface area contributed by atoms with Gasteiger partial charge >= 0.3 is 0 Å². The molecule has 0 amide bonds. The van der Waals surface area contributed by atoms with Crippen molar-refractivity contribution in [2.75, 3.05) is 10.6 Å². The highest BCUT2D eigenvalue weighted by Gasteiger charge is 2.13. The minimum atomic E-state index is 0.531. The number of aryl methyl sites for hydroxylation is 1. The first-order valence-electron chi connectivity index (χ1n) is 8.34. The normalized spacial score (nSPS) is 15.9. The number of nitrogens with one attached hydrogen (secondary N) is 2. The number of halogens is 1. The van der Waals surface area contributed by atoms with Crippen LogP contribution in [0.25, 0.3) is 0 Å². The summed E-state index contributed by atoms with van der Waals surface area (Å²) >= 11 is 3.55. The number of hydrogen-bond donors (Lipinski definition) is 2. The van der Waals surface area contributed by atoms with E-state index in [1.165, 1.54) is 38.5 Å². The van der Waals surface area contributed by atoms with E-state index in [1.54, 1.807) is 0 Å². The summed E-state index contributed by atoms with van der Waals surface area (Å²) in [6, 6.07) is 10.6. The van der Waals surface area contributed by atoms with Gasteiger partial charge < -0.3 is 10.6 Å². The predicted molar refractivity (Wildman–Crippen MR) is 99.3 cm³/mol. The van der Waals surface area contributed by atoms with Crippen molar-refractivity contribution in [1.29, 1.82) is 0 Å². The Bertz CT molecular complexity index is 651. The van der Waals surface area contributed by atoms with Gasteiger partial charge in [-0.3, -0.25) is 0 Å². The number of benzene rings is 1. The molecule has 3 rings (SSSR count). The Morgan fingerprint density at radius 1 is 1.04 bits per heavy atom. The largest absolute Gasteiger partial charge is 0.367 e. The molecule has 0 bridgehead atoms. The second-order valence-corrected chi connectivity index (χ2v) is 7.01. The Hall–Kier alpha value is -1.62. The van der Waals surface area contributed by atoms with E-state index in [0.717, 1.165) is 21.7 Å². The van der Waals surface area contributed by atoms with Crippen molar-refractivity contribution in [3.8, 4) is 0 Å². The van der Waals surface area contributed by atoms with E-state index in [1.807, 2.05) is 37.3 Å². The third kappa shape index (κ3) is 4.67. The second-order valence-electron chi connectivity index (χ2n) is 6.16. The van der Waals surface area contributed by atoms with E-state index in [0.29, 0.717) is 12.0 Å². The van der Waals surface area contributed by atoms with Gasteiger partial charge in [-0.1, -0.05) is 37.8 Å². The fourth-order valence-electron chi connectivity index (χ4n) is 3.01. The zero-order valence-corrected chi connectivity index (χ0v) is 15.1. The Labute approximate surface area is 146 Å². The monoisotopic (exact) mass is 374 g/mol. The minimum absolute atomic E-state index is 0.531. The first-order chi connectivity index (χ1) is 11.2. The van der Waals surface area contributed by atoms with Gasteiger partial charge in [-0.2, -0.15) is 4.98 Å². The summed E-state index contributed by atoms with van der Waals surface area (Å²) in [5.74, 6) is 1.55. The average Bonchev–Trinajstić information content (AvgIpc) is 2.78. The van der Waals surface area contributed by atoms with Crippen LogP contribution in [0.5, 0.6) is 0 Å². The third-order valence-electron chi connectivity index (χ3n) is 4.18. The molecule has 1 aromatic carbocycles. The van der Waals surface area contributed by atoms with Crippen LogP contribution in [-0.4, -0.2) is 16.0 Å². The predicted octanol–water partition coefficient (Wildman–Crippen LogP) is 5.43. The summed E-state index contributed by atoms with van der Waals surface area (Å²) in [5.41, 5.74) is 1.93. The van der Waals surface area contributed by atoms with Crippen molar-refractivity contribution in [2.24, 2.45) is 0 Å². The fraction of sp³-hybridized carbons (Fsp3) is 0.444. The van der Waals surface area contributed by atoms with Crippen LogP contribution in [0.15, 0.2) is 34.8 Å². The van der Waals surface area contributed by atoms with Crippen LogP contribution in [0.4, 0.5) is 17.5 Å². The summed E-state index contributed by atoms with van der Waals surface area (Å²) in [5, 5.41) is 6.89. The molecule has 0 aliphatic heterocycles. The van der Waals surface area contributed by atoms with Crippen molar-refractivity contribution < 1.29 is 0 Å². The number of hydrogen-bond acceptors (Lipinski definition) is 4. The number of nitrogens with zero attached hydrogens (tertiary/aromatic N) is 2. The van der Waals surface area contributed by atoms with Crippen molar-refractivity contribution >= 4 is 33.4 Å². The van der Waals surface area contributed by atoms with Crippen LogP contribution in [0.2, 0.25) is 0 Å². The van der Waals surface area contributed by atoms with E-state index in [4.69, 9.17) is 0 Å². The van der Waals surface area contributed by atoms with E-state index < -0.39 is 0 Å². The van der Waals surface area contributed by atoms with Gasteiger partial charge in [-0.25, -0.2) is 4.98 Å². The smallest absolute Gasteiger partial charge is 0.229 e. The van der Waals surface area contributed by atoms with Crippen LogP contribution in [0.3, 0.4) is 0 Å². The zero-order valence-electron chi connectivity index (χ0n) is 13.5. The molecule has 1 aliphatic carbocycles. The maximum atomic E-state index is 4.64. The Kier molecular flexibility index (Phi) is 5.49. The molecule has 1 heterocycles. The highest BCUT2D eigenvalue weighted by molar-refractivity contribution is 9.10. The highest BCUT2D eigenvalue weighted by atomic mass is 79.9. The maximum Gasteiger partial charge on any atom is 0.229 e. The Morgan fingerprint density at radius 3 is 2.52 bits per heavy atom. The van der Waals surface area contributed by atoms with Gasteiger partial charge in [0.2, 0.25) is 5.95 Å². The van der Waals surface area contributed by atoms with Gasteiger partial charge in [0.15, 0.2) is 0 Å². The van der Waals surface area contributed by atoms with Gasteiger partial charge in [0.05, 0.1) is 5.69 Å². The molecular formula is C18H23BrN4. The fourth-order valence-corrected chi connectivity index (χ4v) is 3.40. The minimum Gasteiger partial charge on any atom is -0.367 e. The number of para-hydroxylation sites is 1. The first kappa shape index (κ1) is 16.2. The number of rotatable bonds is 4. The quantitative estimate of drug-likeness (QED) is 0.700. The summed E-state index contributed by atoms with van der Waals surface area (Å²) in [4.78, 5) is 9.14. The lowest BCUT2D eigenvalue weighted by Crippen LogP contribution is -2.19. The summed E-state index contributed by atoms with van der Waals surface area (Å²) < 4.78 is 1.00. The molecule has 0 spiro atoms. The molecule has 1 aromatic heterocycles. The second kappa shape index (κ2) is 7.77. The van der Waals surface area contributed by atoms with Crippen molar-refractivity contribution in [2.45, 2.75) is 51.5 Å². The van der Waals surface area contributed by atoms with E-state index in [2.05, 4.69) is 36.5 Å².